The van der Waals surface area contributed by atoms with E-state index in [9.17, 15) is 8.42 Å². The minimum absolute atomic E-state index is 0.389. The molecule has 0 unspecified atom stereocenters. The van der Waals surface area contributed by atoms with Gasteiger partial charge in [-0.15, -0.1) is 0 Å². The Morgan fingerprint density at radius 1 is 1.46 bits per heavy atom. The van der Waals surface area contributed by atoms with Gasteiger partial charge in [-0.25, -0.2) is 0 Å². The summed E-state index contributed by atoms with van der Waals surface area (Å²) in [6.07, 6.45) is 0. The van der Waals surface area contributed by atoms with Gasteiger partial charge in [-0.05, 0) is 24.1 Å². The van der Waals surface area contributed by atoms with Crippen LogP contribution in [0.2, 0.25) is 5.02 Å². The zero-order valence-electron chi connectivity index (χ0n) is 6.99. The smallest absolute Gasteiger partial charge is 0.269 e. The quantitative estimate of drug-likeness (QED) is 0.776. The Kier molecular flexibility index (Phi) is 2.95. The second-order valence-electron chi connectivity index (χ2n) is 2.75. The lowest BCUT2D eigenvalue weighted by Gasteiger charge is -2.04. The zero-order chi connectivity index (χ0) is 10.1. The van der Waals surface area contributed by atoms with Crippen LogP contribution in [0, 0.1) is 6.92 Å². The zero-order valence-corrected chi connectivity index (χ0v) is 8.56. The van der Waals surface area contributed by atoms with Gasteiger partial charge < -0.3 is 0 Å². The van der Waals surface area contributed by atoms with Gasteiger partial charge in [0.05, 0.1) is 0 Å². The lowest BCUT2D eigenvalue weighted by molar-refractivity contribution is 0.482. The number of hydrogen-bond donors (Lipinski definition) is 1. The molecular weight excluding hydrogens is 212 g/mol. The molecule has 3 nitrogen and oxygen atoms in total. The normalized spacial score (nSPS) is 11.6. The number of hydrogen-bond acceptors (Lipinski definition) is 2. The van der Waals surface area contributed by atoms with Crippen LogP contribution in [0.15, 0.2) is 18.2 Å². The molecular formula is C8H9ClO3S. The summed E-state index contributed by atoms with van der Waals surface area (Å²) in [7, 11) is -3.98. The minimum atomic E-state index is -3.98. The van der Waals surface area contributed by atoms with Gasteiger partial charge in [-0.1, -0.05) is 23.7 Å². The van der Waals surface area contributed by atoms with Crippen molar-refractivity contribution in [2.45, 2.75) is 12.7 Å². The second-order valence-corrected chi connectivity index (χ2v) is 4.61. The molecule has 13 heavy (non-hydrogen) atoms. The van der Waals surface area contributed by atoms with E-state index in [-0.39, 0.29) is 5.75 Å². The third kappa shape index (κ3) is 2.99. The largest absolute Gasteiger partial charge is 0.285 e. The van der Waals surface area contributed by atoms with Crippen molar-refractivity contribution in [1.82, 2.24) is 0 Å². The lowest BCUT2D eigenvalue weighted by atomic mass is 10.1. The third-order valence-electron chi connectivity index (χ3n) is 1.72. The molecule has 0 spiro atoms. The fourth-order valence-corrected chi connectivity index (χ4v) is 1.90. The molecule has 0 saturated heterocycles. The van der Waals surface area contributed by atoms with Gasteiger partial charge in [0.2, 0.25) is 0 Å². The summed E-state index contributed by atoms with van der Waals surface area (Å²) in [5.41, 5.74) is 1.21. The van der Waals surface area contributed by atoms with Crippen molar-refractivity contribution in [1.29, 1.82) is 0 Å². The molecule has 1 aromatic carbocycles. The first-order valence-corrected chi connectivity index (χ1v) is 5.58. The molecule has 0 bridgehead atoms. The van der Waals surface area contributed by atoms with Gasteiger partial charge in [0.25, 0.3) is 10.1 Å². The summed E-state index contributed by atoms with van der Waals surface area (Å²) in [5, 5.41) is 0.501. The molecule has 0 saturated carbocycles. The van der Waals surface area contributed by atoms with E-state index in [0.29, 0.717) is 16.1 Å². The van der Waals surface area contributed by atoms with Gasteiger partial charge >= 0.3 is 0 Å². The highest BCUT2D eigenvalue weighted by Crippen LogP contribution is 2.19. The average molecular weight is 221 g/mol. The molecule has 0 aliphatic heterocycles. The maximum absolute atomic E-state index is 10.6. The van der Waals surface area contributed by atoms with E-state index in [2.05, 4.69) is 0 Å². The highest BCUT2D eigenvalue weighted by Gasteiger charge is 2.09. The Bertz CT molecular complexity index is 411. The van der Waals surface area contributed by atoms with Crippen LogP contribution in [0.5, 0.6) is 0 Å². The van der Waals surface area contributed by atoms with E-state index >= 15 is 0 Å². The predicted octanol–water partition coefficient (Wildman–Crippen LogP) is 2.04. The third-order valence-corrected chi connectivity index (χ3v) is 2.80. The fourth-order valence-electron chi connectivity index (χ4n) is 1.01. The van der Waals surface area contributed by atoms with Crippen LogP contribution >= 0.6 is 11.6 Å². The SMILES string of the molecule is Cc1c(Cl)cccc1CS(=O)(=O)O. The van der Waals surface area contributed by atoms with E-state index in [1.807, 2.05) is 0 Å². The summed E-state index contributed by atoms with van der Waals surface area (Å²) >= 11 is 5.77. The maximum Gasteiger partial charge on any atom is 0.269 e. The van der Waals surface area contributed by atoms with Crippen molar-refractivity contribution >= 4 is 21.7 Å². The Hall–Kier alpha value is -0.580. The summed E-state index contributed by atoms with van der Waals surface area (Å²) in [6.45, 7) is 1.71. The van der Waals surface area contributed by atoms with Crippen molar-refractivity contribution in [3.63, 3.8) is 0 Å². The van der Waals surface area contributed by atoms with Gasteiger partial charge in [-0.3, -0.25) is 4.55 Å². The van der Waals surface area contributed by atoms with Crippen LogP contribution in [-0.4, -0.2) is 13.0 Å². The van der Waals surface area contributed by atoms with Crippen LogP contribution < -0.4 is 0 Å². The molecule has 1 rings (SSSR count). The van der Waals surface area contributed by atoms with E-state index in [1.165, 1.54) is 0 Å². The number of benzene rings is 1. The first-order chi connectivity index (χ1) is 5.90. The molecule has 1 N–H and O–H groups in total. The summed E-state index contributed by atoms with van der Waals surface area (Å²) in [4.78, 5) is 0. The molecule has 72 valence electrons. The molecule has 0 aromatic heterocycles. The first-order valence-electron chi connectivity index (χ1n) is 3.59. The highest BCUT2D eigenvalue weighted by molar-refractivity contribution is 7.85. The van der Waals surface area contributed by atoms with Crippen LogP contribution in [0.3, 0.4) is 0 Å². The molecule has 0 amide bonds. The van der Waals surface area contributed by atoms with E-state index in [0.717, 1.165) is 0 Å². The average Bonchev–Trinajstić information content (AvgIpc) is 1.96. The highest BCUT2D eigenvalue weighted by atomic mass is 35.5. The Balaban J connectivity index is 3.10. The van der Waals surface area contributed by atoms with Crippen LogP contribution in [0.4, 0.5) is 0 Å². The molecule has 0 aliphatic rings. The minimum Gasteiger partial charge on any atom is -0.285 e. The summed E-state index contributed by atoms with van der Waals surface area (Å²) in [5.74, 6) is -0.389. The Labute approximate surface area is 82.1 Å². The van der Waals surface area contributed by atoms with Crippen molar-refractivity contribution in [3.8, 4) is 0 Å². The van der Waals surface area contributed by atoms with E-state index < -0.39 is 10.1 Å². The Morgan fingerprint density at radius 2 is 2.08 bits per heavy atom. The number of halogens is 1. The Morgan fingerprint density at radius 3 is 2.62 bits per heavy atom. The molecule has 0 heterocycles. The van der Waals surface area contributed by atoms with Crippen LogP contribution in [0.25, 0.3) is 0 Å². The topological polar surface area (TPSA) is 54.4 Å². The van der Waals surface area contributed by atoms with Crippen molar-refractivity contribution < 1.29 is 13.0 Å². The lowest BCUT2D eigenvalue weighted by Crippen LogP contribution is -2.03. The van der Waals surface area contributed by atoms with Gasteiger partial charge in [-0.2, -0.15) is 8.42 Å². The standard InChI is InChI=1S/C8H9ClO3S/c1-6-7(5-13(10,11)12)3-2-4-8(6)9/h2-4H,5H2,1H3,(H,10,11,12). The molecule has 0 fully saturated rings. The summed E-state index contributed by atoms with van der Waals surface area (Å²) in [6, 6.07) is 4.94. The predicted molar refractivity (Wildman–Crippen MR) is 51.4 cm³/mol. The molecule has 0 radical (unpaired) electrons. The van der Waals surface area contributed by atoms with E-state index in [1.54, 1.807) is 25.1 Å². The molecule has 5 heteroatoms. The second kappa shape index (κ2) is 3.65. The first kappa shape index (κ1) is 10.5. The molecule has 0 aliphatic carbocycles. The van der Waals surface area contributed by atoms with E-state index in [4.69, 9.17) is 16.2 Å². The van der Waals surface area contributed by atoms with Crippen molar-refractivity contribution in [2.24, 2.45) is 0 Å². The van der Waals surface area contributed by atoms with Crippen molar-refractivity contribution in [3.05, 3.63) is 34.3 Å². The van der Waals surface area contributed by atoms with Crippen molar-refractivity contribution in [2.75, 3.05) is 0 Å². The van der Waals surface area contributed by atoms with Gasteiger partial charge in [0, 0.05) is 5.02 Å². The molecule has 1 aromatic rings. The number of rotatable bonds is 2. The maximum atomic E-state index is 10.6. The molecule has 0 atom stereocenters. The monoisotopic (exact) mass is 220 g/mol. The van der Waals surface area contributed by atoms with Crippen LogP contribution in [-0.2, 0) is 15.9 Å². The summed E-state index contributed by atoms with van der Waals surface area (Å²) < 4.78 is 29.8. The fraction of sp³-hybridized carbons (Fsp3) is 0.250. The van der Waals surface area contributed by atoms with Crippen LogP contribution in [0.1, 0.15) is 11.1 Å². The van der Waals surface area contributed by atoms with Gasteiger partial charge in [0.15, 0.2) is 0 Å². The van der Waals surface area contributed by atoms with Gasteiger partial charge in [0.1, 0.15) is 5.75 Å².